The molecule has 2 aliphatic carbocycles. The van der Waals surface area contributed by atoms with Gasteiger partial charge in [0, 0.05) is 35.2 Å². The van der Waals surface area contributed by atoms with Gasteiger partial charge in [-0.15, -0.1) is 0 Å². The van der Waals surface area contributed by atoms with Crippen molar-refractivity contribution in [3.8, 4) is 0 Å². The fourth-order valence-electron chi connectivity index (χ4n) is 4.20. The normalized spacial score (nSPS) is 19.9. The molecule has 27 heavy (non-hydrogen) atoms. The summed E-state index contributed by atoms with van der Waals surface area (Å²) in [6.07, 6.45) is 3.51. The molecule has 2 unspecified atom stereocenters. The number of hydrogen-bond donors (Lipinski definition) is 1. The number of benzene rings is 2. The van der Waals surface area contributed by atoms with Crippen LogP contribution in [0, 0.1) is 10.1 Å². The Labute approximate surface area is 154 Å². The highest BCUT2D eigenvalue weighted by atomic mass is 16.6. The number of non-ortho nitro benzene ring substituents is 1. The Kier molecular flexibility index (Phi) is 3.43. The first-order valence-electron chi connectivity index (χ1n) is 8.96. The average molecular weight is 360 g/mol. The van der Waals surface area contributed by atoms with Gasteiger partial charge in [0.1, 0.15) is 0 Å². The van der Waals surface area contributed by atoms with E-state index in [2.05, 4.69) is 5.32 Å². The second-order valence-corrected chi connectivity index (χ2v) is 7.17. The molecule has 1 amide bonds. The van der Waals surface area contributed by atoms with Gasteiger partial charge in [-0.3, -0.25) is 14.9 Å². The van der Waals surface area contributed by atoms with E-state index in [1.165, 1.54) is 31.0 Å². The van der Waals surface area contributed by atoms with Crippen LogP contribution in [0.1, 0.15) is 52.8 Å². The highest BCUT2D eigenvalue weighted by Gasteiger charge is 2.39. The molecule has 1 saturated carbocycles. The van der Waals surface area contributed by atoms with Crippen LogP contribution in [0.3, 0.4) is 0 Å². The molecule has 134 valence electrons. The molecule has 2 atom stereocenters. The minimum Gasteiger partial charge on any atom is -0.322 e. The van der Waals surface area contributed by atoms with E-state index in [1.54, 1.807) is 18.2 Å². The van der Waals surface area contributed by atoms with Crippen LogP contribution in [0.5, 0.6) is 0 Å². The standard InChI is InChI=1S/C20H16N4O3/c25-20(21-14-2-1-3-15(10-14)24(26)27)13-6-7-16-17(9-13)23-19-12-5-4-11(8-12)18(19)22-16/h1-3,6-7,9-12H,4-5,8H2,(H,21,25). The lowest BCUT2D eigenvalue weighted by molar-refractivity contribution is -0.384. The van der Waals surface area contributed by atoms with Crippen molar-refractivity contribution in [3.63, 3.8) is 0 Å². The summed E-state index contributed by atoms with van der Waals surface area (Å²) in [6, 6.07) is 11.1. The van der Waals surface area contributed by atoms with Crippen LogP contribution in [-0.2, 0) is 0 Å². The fraction of sp³-hybridized carbons (Fsp3) is 0.250. The molecule has 0 radical (unpaired) electrons. The molecule has 1 aromatic heterocycles. The third-order valence-electron chi connectivity index (χ3n) is 5.50. The summed E-state index contributed by atoms with van der Waals surface area (Å²) in [7, 11) is 0. The second kappa shape index (κ2) is 5.84. The van der Waals surface area contributed by atoms with Gasteiger partial charge < -0.3 is 5.32 Å². The van der Waals surface area contributed by atoms with Gasteiger partial charge in [0.05, 0.1) is 27.3 Å². The van der Waals surface area contributed by atoms with E-state index in [-0.39, 0.29) is 11.6 Å². The molecule has 7 heteroatoms. The van der Waals surface area contributed by atoms with E-state index in [4.69, 9.17) is 9.97 Å². The molecule has 0 saturated heterocycles. The molecule has 2 bridgehead atoms. The molecule has 1 heterocycles. The number of nitro benzene ring substituents is 1. The van der Waals surface area contributed by atoms with E-state index in [0.29, 0.717) is 28.6 Å². The lowest BCUT2D eigenvalue weighted by Gasteiger charge is -2.14. The van der Waals surface area contributed by atoms with Crippen LogP contribution < -0.4 is 5.32 Å². The molecule has 1 N–H and O–H groups in total. The SMILES string of the molecule is O=C(Nc1cccc([N+](=O)[O-])c1)c1ccc2nc3c(nc2c1)C1CCC3C1. The molecule has 2 aromatic carbocycles. The maximum atomic E-state index is 12.6. The molecule has 5 rings (SSSR count). The molecular weight excluding hydrogens is 344 g/mol. The van der Waals surface area contributed by atoms with Crippen LogP contribution in [0.4, 0.5) is 11.4 Å². The predicted octanol–water partition coefficient (Wildman–Crippen LogP) is 4.16. The van der Waals surface area contributed by atoms with E-state index in [1.807, 2.05) is 6.07 Å². The van der Waals surface area contributed by atoms with E-state index in [0.717, 1.165) is 23.3 Å². The minimum absolute atomic E-state index is 0.0669. The van der Waals surface area contributed by atoms with Gasteiger partial charge in [0.15, 0.2) is 0 Å². The number of carbonyl (C=O) groups excluding carboxylic acids is 1. The number of hydrogen-bond acceptors (Lipinski definition) is 5. The van der Waals surface area contributed by atoms with Gasteiger partial charge in [-0.1, -0.05) is 6.07 Å². The summed E-state index contributed by atoms with van der Waals surface area (Å²) >= 11 is 0. The zero-order chi connectivity index (χ0) is 18.5. The Balaban J connectivity index is 1.45. The number of amides is 1. The van der Waals surface area contributed by atoms with Crippen molar-refractivity contribution in [2.75, 3.05) is 5.32 Å². The molecule has 0 aliphatic heterocycles. The van der Waals surface area contributed by atoms with Crippen molar-refractivity contribution >= 4 is 28.3 Å². The summed E-state index contributed by atoms with van der Waals surface area (Å²) in [4.78, 5) is 32.5. The highest BCUT2D eigenvalue weighted by molar-refractivity contribution is 6.06. The van der Waals surface area contributed by atoms with Crippen molar-refractivity contribution in [1.82, 2.24) is 9.97 Å². The lowest BCUT2D eigenvalue weighted by atomic mass is 10.00. The molecule has 3 aromatic rings. The molecule has 0 spiro atoms. The topological polar surface area (TPSA) is 98.0 Å². The first-order chi connectivity index (χ1) is 13.1. The average Bonchev–Trinajstić information content (AvgIpc) is 3.28. The number of rotatable bonds is 3. The smallest absolute Gasteiger partial charge is 0.271 e. The summed E-state index contributed by atoms with van der Waals surface area (Å²) in [5, 5.41) is 13.6. The summed E-state index contributed by atoms with van der Waals surface area (Å²) in [6.45, 7) is 0. The Bertz CT molecular complexity index is 1110. The van der Waals surface area contributed by atoms with Crippen LogP contribution in [0.2, 0.25) is 0 Å². The van der Waals surface area contributed by atoms with Gasteiger partial charge in [-0.25, -0.2) is 9.97 Å². The highest BCUT2D eigenvalue weighted by Crippen LogP contribution is 2.51. The Morgan fingerprint density at radius 3 is 2.52 bits per heavy atom. The Hall–Kier alpha value is -3.35. The van der Waals surface area contributed by atoms with Gasteiger partial charge in [-0.2, -0.15) is 0 Å². The fourth-order valence-corrected chi connectivity index (χ4v) is 4.20. The Morgan fingerprint density at radius 1 is 1.04 bits per heavy atom. The maximum absolute atomic E-state index is 12.6. The molecule has 2 aliphatic rings. The number of nitro groups is 1. The van der Waals surface area contributed by atoms with Crippen LogP contribution in [0.25, 0.3) is 11.0 Å². The third-order valence-corrected chi connectivity index (χ3v) is 5.50. The molecular formula is C20H16N4O3. The Morgan fingerprint density at radius 2 is 1.78 bits per heavy atom. The first kappa shape index (κ1) is 15.9. The number of anilines is 1. The van der Waals surface area contributed by atoms with Crippen molar-refractivity contribution in [2.24, 2.45) is 0 Å². The number of aromatic nitrogens is 2. The van der Waals surface area contributed by atoms with E-state index in [9.17, 15) is 14.9 Å². The third kappa shape index (κ3) is 2.63. The van der Waals surface area contributed by atoms with Crippen molar-refractivity contribution in [1.29, 1.82) is 0 Å². The minimum atomic E-state index is -0.491. The molecule has 1 fully saturated rings. The van der Waals surface area contributed by atoms with Crippen LogP contribution in [0.15, 0.2) is 42.5 Å². The maximum Gasteiger partial charge on any atom is 0.271 e. The predicted molar refractivity (Wildman–Crippen MR) is 99.9 cm³/mol. The van der Waals surface area contributed by atoms with Crippen molar-refractivity contribution < 1.29 is 9.72 Å². The van der Waals surface area contributed by atoms with E-state index < -0.39 is 4.92 Å². The van der Waals surface area contributed by atoms with Crippen molar-refractivity contribution in [2.45, 2.75) is 31.1 Å². The first-order valence-corrected chi connectivity index (χ1v) is 8.96. The van der Waals surface area contributed by atoms with Gasteiger partial charge in [0.25, 0.3) is 11.6 Å². The number of carbonyl (C=O) groups is 1. The largest absolute Gasteiger partial charge is 0.322 e. The van der Waals surface area contributed by atoms with Gasteiger partial charge in [-0.05, 0) is 43.5 Å². The number of fused-ring (bicyclic) bond motifs is 6. The quantitative estimate of drug-likeness (QED) is 0.559. The zero-order valence-corrected chi connectivity index (χ0v) is 14.4. The van der Waals surface area contributed by atoms with E-state index >= 15 is 0 Å². The summed E-state index contributed by atoms with van der Waals surface area (Å²) in [5.41, 5.74) is 4.50. The summed E-state index contributed by atoms with van der Waals surface area (Å²) in [5.74, 6) is 0.712. The number of nitrogens with one attached hydrogen (secondary N) is 1. The number of nitrogens with zero attached hydrogens (tertiary/aromatic N) is 3. The second-order valence-electron chi connectivity index (χ2n) is 7.17. The summed E-state index contributed by atoms with van der Waals surface area (Å²) < 4.78 is 0. The van der Waals surface area contributed by atoms with Crippen molar-refractivity contribution in [3.05, 3.63) is 69.5 Å². The lowest BCUT2D eigenvalue weighted by Crippen LogP contribution is -2.12. The van der Waals surface area contributed by atoms with Gasteiger partial charge >= 0.3 is 0 Å². The monoisotopic (exact) mass is 360 g/mol. The van der Waals surface area contributed by atoms with Gasteiger partial charge in [0.2, 0.25) is 0 Å². The zero-order valence-electron chi connectivity index (χ0n) is 14.4. The molecule has 7 nitrogen and oxygen atoms in total. The van der Waals surface area contributed by atoms with Crippen LogP contribution in [-0.4, -0.2) is 20.8 Å². The van der Waals surface area contributed by atoms with Crippen LogP contribution >= 0.6 is 0 Å².